The van der Waals surface area contributed by atoms with E-state index in [-0.39, 0.29) is 5.50 Å². The standard InChI is InChI=1S/C25H45N3S/c1-2-3-4-5-6-7-8-9-10-11-12-13-14-15-16-19-22-29-25-26-23-20-17-18-21-24(23)27-28-25/h17-18,20-21,25-28H,2-16,19,22H2,1H3. The van der Waals surface area contributed by atoms with Crippen LogP contribution in [0.3, 0.4) is 0 Å². The minimum Gasteiger partial charge on any atom is -0.358 e. The van der Waals surface area contributed by atoms with Gasteiger partial charge in [0.15, 0.2) is 0 Å². The Morgan fingerprint density at radius 1 is 0.655 bits per heavy atom. The molecule has 0 radical (unpaired) electrons. The molecule has 1 atom stereocenters. The van der Waals surface area contributed by atoms with Crippen molar-refractivity contribution in [3.8, 4) is 0 Å². The number of hydrogen-bond acceptors (Lipinski definition) is 4. The summed E-state index contributed by atoms with van der Waals surface area (Å²) in [6.45, 7) is 2.30. The number of fused-ring (bicyclic) bond motifs is 1. The Morgan fingerprint density at radius 3 is 1.69 bits per heavy atom. The van der Waals surface area contributed by atoms with Gasteiger partial charge >= 0.3 is 0 Å². The fourth-order valence-corrected chi connectivity index (χ4v) is 4.93. The maximum Gasteiger partial charge on any atom is 0.142 e. The summed E-state index contributed by atoms with van der Waals surface area (Å²) in [4.78, 5) is 0. The molecule has 1 heterocycles. The molecular formula is C25H45N3S. The van der Waals surface area contributed by atoms with Gasteiger partial charge in [-0.1, -0.05) is 115 Å². The average Bonchev–Trinajstić information content (AvgIpc) is 2.76. The molecule has 1 unspecified atom stereocenters. The molecule has 166 valence electrons. The Balaban J connectivity index is 1.28. The molecule has 1 aliphatic rings. The molecule has 0 amide bonds. The number of nitrogens with one attached hydrogen (secondary N) is 3. The van der Waals surface area contributed by atoms with Crippen molar-refractivity contribution in [1.82, 2.24) is 5.43 Å². The molecule has 0 aliphatic carbocycles. The minimum atomic E-state index is 0.265. The van der Waals surface area contributed by atoms with E-state index in [2.05, 4.69) is 47.4 Å². The lowest BCUT2D eigenvalue weighted by molar-refractivity contribution is 0.531. The number of unbranched alkanes of at least 4 members (excludes halogenated alkanes) is 15. The first kappa shape index (κ1) is 24.4. The first-order valence-corrected chi connectivity index (χ1v) is 13.4. The van der Waals surface area contributed by atoms with Crippen LogP contribution in [0.25, 0.3) is 0 Å². The minimum absolute atomic E-state index is 0.265. The third-order valence-electron chi connectivity index (χ3n) is 5.83. The van der Waals surface area contributed by atoms with Gasteiger partial charge in [-0.2, -0.15) is 0 Å². The Bertz CT molecular complexity index is 509. The zero-order valence-electron chi connectivity index (χ0n) is 18.8. The molecule has 2 rings (SSSR count). The van der Waals surface area contributed by atoms with Gasteiger partial charge in [-0.15, -0.1) is 11.8 Å². The summed E-state index contributed by atoms with van der Waals surface area (Å²) in [5, 5.41) is 3.54. The number of anilines is 2. The van der Waals surface area contributed by atoms with Gasteiger partial charge in [0.05, 0.1) is 11.4 Å². The van der Waals surface area contributed by atoms with Crippen LogP contribution in [0, 0.1) is 0 Å². The molecule has 29 heavy (non-hydrogen) atoms. The van der Waals surface area contributed by atoms with Crippen molar-refractivity contribution in [1.29, 1.82) is 0 Å². The molecule has 3 N–H and O–H groups in total. The Kier molecular flexibility index (Phi) is 14.2. The fourth-order valence-electron chi connectivity index (χ4n) is 3.97. The van der Waals surface area contributed by atoms with Gasteiger partial charge in [-0.05, 0) is 24.3 Å². The van der Waals surface area contributed by atoms with E-state index in [0.717, 1.165) is 5.69 Å². The monoisotopic (exact) mass is 419 g/mol. The predicted octanol–water partition coefficient (Wildman–Crippen LogP) is 8.31. The first-order valence-electron chi connectivity index (χ1n) is 12.4. The van der Waals surface area contributed by atoms with Gasteiger partial charge in [0, 0.05) is 0 Å². The lowest BCUT2D eigenvalue weighted by Gasteiger charge is -2.28. The lowest BCUT2D eigenvalue weighted by atomic mass is 10.0. The number of para-hydroxylation sites is 2. The molecule has 1 aromatic rings. The highest BCUT2D eigenvalue weighted by Gasteiger charge is 2.15. The number of hydrogen-bond donors (Lipinski definition) is 3. The van der Waals surface area contributed by atoms with Crippen molar-refractivity contribution in [2.75, 3.05) is 16.5 Å². The molecule has 0 fully saturated rings. The van der Waals surface area contributed by atoms with Crippen LogP contribution in [0.5, 0.6) is 0 Å². The molecule has 0 saturated carbocycles. The van der Waals surface area contributed by atoms with Crippen molar-refractivity contribution in [3.63, 3.8) is 0 Å². The zero-order valence-corrected chi connectivity index (χ0v) is 19.6. The van der Waals surface area contributed by atoms with Crippen LogP contribution in [-0.4, -0.2) is 11.3 Å². The summed E-state index contributed by atoms with van der Waals surface area (Å²) in [6, 6.07) is 8.35. The molecule has 0 saturated heterocycles. The van der Waals surface area contributed by atoms with Gasteiger partial charge in [-0.25, -0.2) is 5.43 Å². The maximum atomic E-state index is 3.54. The van der Waals surface area contributed by atoms with Crippen LogP contribution in [0.1, 0.15) is 110 Å². The summed E-state index contributed by atoms with van der Waals surface area (Å²) in [7, 11) is 0. The van der Waals surface area contributed by atoms with Crippen LogP contribution < -0.4 is 16.2 Å². The SMILES string of the molecule is CCCCCCCCCCCCCCCCCCSC1NNc2ccccc2N1. The van der Waals surface area contributed by atoms with E-state index in [1.165, 1.54) is 114 Å². The molecular weight excluding hydrogens is 374 g/mol. The highest BCUT2D eigenvalue weighted by molar-refractivity contribution is 7.99. The molecule has 0 bridgehead atoms. The molecule has 4 heteroatoms. The van der Waals surface area contributed by atoms with Crippen LogP contribution >= 0.6 is 11.8 Å². The third-order valence-corrected chi connectivity index (χ3v) is 6.93. The summed E-state index contributed by atoms with van der Waals surface area (Å²) in [5.41, 5.74) is 9.20. The van der Waals surface area contributed by atoms with Crippen molar-refractivity contribution in [2.45, 2.75) is 115 Å². The van der Waals surface area contributed by atoms with Crippen molar-refractivity contribution < 1.29 is 0 Å². The lowest BCUT2D eigenvalue weighted by Crippen LogP contribution is -2.41. The van der Waals surface area contributed by atoms with Crippen LogP contribution in [0.15, 0.2) is 24.3 Å². The van der Waals surface area contributed by atoms with E-state index in [4.69, 9.17) is 0 Å². The Labute approximate surface area is 184 Å². The summed E-state index contributed by atoms with van der Waals surface area (Å²) in [6.07, 6.45) is 22.9. The largest absolute Gasteiger partial charge is 0.358 e. The van der Waals surface area contributed by atoms with Gasteiger partial charge in [0.2, 0.25) is 0 Å². The highest BCUT2D eigenvalue weighted by Crippen LogP contribution is 2.27. The van der Waals surface area contributed by atoms with Gasteiger partial charge in [0.1, 0.15) is 5.50 Å². The smallest absolute Gasteiger partial charge is 0.142 e. The molecule has 3 nitrogen and oxygen atoms in total. The van der Waals surface area contributed by atoms with Crippen molar-refractivity contribution in [3.05, 3.63) is 24.3 Å². The van der Waals surface area contributed by atoms with E-state index in [9.17, 15) is 0 Å². The first-order chi connectivity index (χ1) is 14.4. The summed E-state index contributed by atoms with van der Waals surface area (Å²) < 4.78 is 0. The normalized spacial score (nSPS) is 15.6. The topological polar surface area (TPSA) is 36.1 Å². The van der Waals surface area contributed by atoms with E-state index in [1.807, 2.05) is 11.8 Å². The quantitative estimate of drug-likeness (QED) is 0.209. The van der Waals surface area contributed by atoms with E-state index < -0.39 is 0 Å². The second-order valence-electron chi connectivity index (χ2n) is 8.51. The van der Waals surface area contributed by atoms with Crippen LogP contribution in [0.4, 0.5) is 11.4 Å². The van der Waals surface area contributed by atoms with E-state index in [0.29, 0.717) is 0 Å². The van der Waals surface area contributed by atoms with E-state index in [1.54, 1.807) is 0 Å². The number of thioether (sulfide) groups is 1. The molecule has 0 spiro atoms. The van der Waals surface area contributed by atoms with Crippen molar-refractivity contribution >= 4 is 23.1 Å². The number of rotatable bonds is 18. The van der Waals surface area contributed by atoms with Crippen molar-refractivity contribution in [2.24, 2.45) is 0 Å². The molecule has 1 aromatic carbocycles. The molecule has 0 aromatic heterocycles. The highest BCUT2D eigenvalue weighted by atomic mass is 32.2. The van der Waals surface area contributed by atoms with Gasteiger partial charge < -0.3 is 10.7 Å². The summed E-state index contributed by atoms with van der Waals surface area (Å²) in [5.74, 6) is 1.22. The van der Waals surface area contributed by atoms with Crippen LogP contribution in [0.2, 0.25) is 0 Å². The van der Waals surface area contributed by atoms with Gasteiger partial charge in [0.25, 0.3) is 0 Å². The Morgan fingerprint density at radius 2 is 1.14 bits per heavy atom. The average molecular weight is 420 g/mol. The second-order valence-corrected chi connectivity index (χ2v) is 9.73. The van der Waals surface area contributed by atoms with E-state index >= 15 is 0 Å². The molecule has 1 aliphatic heterocycles. The zero-order chi connectivity index (χ0) is 20.4. The number of benzene rings is 1. The fraction of sp³-hybridized carbons (Fsp3) is 0.760. The third kappa shape index (κ3) is 11.8. The number of hydrazine groups is 1. The Hall–Kier alpha value is -0.870. The second kappa shape index (κ2) is 16.9. The predicted molar refractivity (Wildman–Crippen MR) is 133 cm³/mol. The van der Waals surface area contributed by atoms with Crippen LogP contribution in [-0.2, 0) is 0 Å². The maximum absolute atomic E-state index is 3.54. The van der Waals surface area contributed by atoms with Gasteiger partial charge in [-0.3, -0.25) is 0 Å². The summed E-state index contributed by atoms with van der Waals surface area (Å²) >= 11 is 1.96.